The molecule has 0 unspecified atom stereocenters. The molecule has 4 aromatic rings. The number of nitro groups is 1. The van der Waals surface area contributed by atoms with Gasteiger partial charge in [0.25, 0.3) is 17.5 Å². The van der Waals surface area contributed by atoms with Gasteiger partial charge in [-0.2, -0.15) is 0 Å². The average molecular weight is 498 g/mol. The van der Waals surface area contributed by atoms with E-state index in [1.54, 1.807) is 73.1 Å². The molecule has 0 atom stereocenters. The topological polar surface area (TPSA) is 137 Å². The van der Waals surface area contributed by atoms with Crippen LogP contribution in [0.1, 0.15) is 21.7 Å². The highest BCUT2D eigenvalue weighted by molar-refractivity contribution is 6.05. The zero-order chi connectivity index (χ0) is 26.2. The summed E-state index contributed by atoms with van der Waals surface area (Å²) >= 11 is 0. The highest BCUT2D eigenvalue weighted by Gasteiger charge is 2.17. The third kappa shape index (κ3) is 6.45. The molecule has 0 fully saturated rings. The lowest BCUT2D eigenvalue weighted by Gasteiger charge is -2.11. The molecule has 4 rings (SSSR count). The van der Waals surface area contributed by atoms with Gasteiger partial charge in [-0.25, -0.2) is 0 Å². The number of methoxy groups -OCH3 is 1. The van der Waals surface area contributed by atoms with Crippen molar-refractivity contribution in [1.29, 1.82) is 0 Å². The summed E-state index contributed by atoms with van der Waals surface area (Å²) < 4.78 is 10.9. The molecule has 37 heavy (non-hydrogen) atoms. The lowest BCUT2D eigenvalue weighted by atomic mass is 10.1. The first-order valence-corrected chi connectivity index (χ1v) is 11.1. The van der Waals surface area contributed by atoms with Gasteiger partial charge >= 0.3 is 0 Å². The summed E-state index contributed by atoms with van der Waals surface area (Å²) in [5.74, 6) is 0.190. The van der Waals surface area contributed by atoms with Gasteiger partial charge in [0.15, 0.2) is 0 Å². The van der Waals surface area contributed by atoms with E-state index in [1.807, 2.05) is 0 Å². The number of rotatable bonds is 9. The highest BCUT2D eigenvalue weighted by atomic mass is 16.6. The molecular formula is C27H22N4O6. The van der Waals surface area contributed by atoms with E-state index in [9.17, 15) is 19.7 Å². The lowest BCUT2D eigenvalue weighted by Crippen LogP contribution is -2.34. The SMILES string of the molecule is COc1ccc(C(=O)N/C(=C/c2ccc(-c3cccc([N+](=O)[O-])c3)o2)C(=O)NCc2ccncc2)cc1. The van der Waals surface area contributed by atoms with E-state index in [0.29, 0.717) is 22.6 Å². The molecule has 2 heterocycles. The van der Waals surface area contributed by atoms with E-state index < -0.39 is 16.7 Å². The second-order valence-corrected chi connectivity index (χ2v) is 7.79. The first kappa shape index (κ1) is 24.9. The molecule has 2 amide bonds. The van der Waals surface area contributed by atoms with Gasteiger partial charge in [0.05, 0.1) is 12.0 Å². The van der Waals surface area contributed by atoms with Crippen LogP contribution < -0.4 is 15.4 Å². The third-order valence-electron chi connectivity index (χ3n) is 5.30. The van der Waals surface area contributed by atoms with Crippen LogP contribution in [0.5, 0.6) is 5.75 Å². The highest BCUT2D eigenvalue weighted by Crippen LogP contribution is 2.26. The maximum absolute atomic E-state index is 13.0. The zero-order valence-electron chi connectivity index (χ0n) is 19.7. The summed E-state index contributed by atoms with van der Waals surface area (Å²) in [5.41, 5.74) is 1.53. The number of ether oxygens (including phenoxy) is 1. The Morgan fingerprint density at radius 2 is 1.81 bits per heavy atom. The van der Waals surface area contributed by atoms with Crippen molar-refractivity contribution in [2.24, 2.45) is 0 Å². The maximum atomic E-state index is 13.0. The van der Waals surface area contributed by atoms with E-state index in [4.69, 9.17) is 9.15 Å². The fourth-order valence-electron chi connectivity index (χ4n) is 3.37. The van der Waals surface area contributed by atoms with Crippen molar-refractivity contribution in [1.82, 2.24) is 15.6 Å². The summed E-state index contributed by atoms with van der Waals surface area (Å²) in [6, 6.07) is 19.2. The van der Waals surface area contributed by atoms with Crippen LogP contribution in [0.3, 0.4) is 0 Å². The Labute approximate surface area is 211 Å². The minimum absolute atomic E-state index is 0.0465. The van der Waals surface area contributed by atoms with Crippen LogP contribution in [-0.2, 0) is 11.3 Å². The van der Waals surface area contributed by atoms with Crippen LogP contribution >= 0.6 is 0 Å². The minimum atomic E-state index is -0.535. The zero-order valence-corrected chi connectivity index (χ0v) is 19.7. The molecule has 0 bridgehead atoms. The summed E-state index contributed by atoms with van der Waals surface area (Å²) in [7, 11) is 1.52. The molecule has 0 aliphatic rings. The quantitative estimate of drug-likeness (QED) is 0.199. The van der Waals surface area contributed by atoms with E-state index in [0.717, 1.165) is 5.56 Å². The summed E-state index contributed by atoms with van der Waals surface area (Å²) in [4.78, 5) is 40.5. The standard InChI is InChI=1S/C27H22N4O6/c1-36-22-7-5-19(6-8-22)26(32)30-24(27(33)29-17-18-11-13-28-14-12-18)16-23-9-10-25(37-23)20-3-2-4-21(15-20)31(34)35/h2-16H,17H2,1H3,(H,29,33)(H,30,32)/b24-16+. The maximum Gasteiger partial charge on any atom is 0.270 e. The number of nitrogens with zero attached hydrogens (tertiary/aromatic N) is 2. The van der Waals surface area contributed by atoms with Gasteiger partial charge in [-0.15, -0.1) is 0 Å². The molecule has 0 aliphatic carbocycles. The van der Waals surface area contributed by atoms with Crippen molar-refractivity contribution >= 4 is 23.6 Å². The Morgan fingerprint density at radius 1 is 1.05 bits per heavy atom. The summed E-state index contributed by atoms with van der Waals surface area (Å²) in [6.07, 6.45) is 4.62. The largest absolute Gasteiger partial charge is 0.497 e. The van der Waals surface area contributed by atoms with Crippen LogP contribution in [0.2, 0.25) is 0 Å². The number of hydrogen-bond donors (Lipinski definition) is 2. The summed E-state index contributed by atoms with van der Waals surface area (Å²) in [5, 5.41) is 16.5. The number of pyridine rings is 1. The second-order valence-electron chi connectivity index (χ2n) is 7.79. The normalized spacial score (nSPS) is 11.0. The molecule has 0 saturated heterocycles. The molecule has 0 radical (unpaired) electrons. The number of hydrogen-bond acceptors (Lipinski definition) is 7. The Hall–Kier alpha value is -5.25. The van der Waals surface area contributed by atoms with Gasteiger partial charge < -0.3 is 19.8 Å². The fraction of sp³-hybridized carbons (Fsp3) is 0.0741. The number of aromatic nitrogens is 1. The van der Waals surface area contributed by atoms with E-state index in [1.165, 1.54) is 25.3 Å². The number of benzene rings is 2. The monoisotopic (exact) mass is 498 g/mol. The van der Waals surface area contributed by atoms with E-state index in [-0.39, 0.29) is 23.7 Å². The predicted molar refractivity (Wildman–Crippen MR) is 135 cm³/mol. The van der Waals surface area contributed by atoms with Crippen molar-refractivity contribution in [3.63, 3.8) is 0 Å². The van der Waals surface area contributed by atoms with Crippen LogP contribution in [0.15, 0.2) is 95.3 Å². The minimum Gasteiger partial charge on any atom is -0.497 e. The van der Waals surface area contributed by atoms with Crippen LogP contribution in [-0.4, -0.2) is 28.8 Å². The Morgan fingerprint density at radius 3 is 2.51 bits per heavy atom. The number of furan rings is 1. The number of nitrogens with one attached hydrogen (secondary N) is 2. The van der Waals surface area contributed by atoms with E-state index in [2.05, 4.69) is 15.6 Å². The summed E-state index contributed by atoms with van der Waals surface area (Å²) in [6.45, 7) is 0.216. The van der Waals surface area contributed by atoms with Crippen molar-refractivity contribution in [3.05, 3.63) is 118 Å². The van der Waals surface area contributed by atoms with Crippen molar-refractivity contribution in [2.45, 2.75) is 6.54 Å². The third-order valence-corrected chi connectivity index (χ3v) is 5.30. The molecular weight excluding hydrogens is 476 g/mol. The molecule has 2 aromatic carbocycles. The predicted octanol–water partition coefficient (Wildman–Crippen LogP) is 4.35. The molecule has 2 N–H and O–H groups in total. The molecule has 10 nitrogen and oxygen atoms in total. The van der Waals surface area contributed by atoms with Crippen molar-refractivity contribution in [3.8, 4) is 17.1 Å². The first-order valence-electron chi connectivity index (χ1n) is 11.1. The van der Waals surface area contributed by atoms with Crippen LogP contribution in [0, 0.1) is 10.1 Å². The van der Waals surface area contributed by atoms with Crippen LogP contribution in [0.25, 0.3) is 17.4 Å². The van der Waals surface area contributed by atoms with Crippen LogP contribution in [0.4, 0.5) is 5.69 Å². The Bertz CT molecular complexity index is 1450. The molecule has 0 saturated carbocycles. The smallest absolute Gasteiger partial charge is 0.270 e. The molecule has 0 aliphatic heterocycles. The number of nitro benzene ring substituents is 1. The Balaban J connectivity index is 1.59. The molecule has 10 heteroatoms. The van der Waals surface area contributed by atoms with Gasteiger partial charge in [-0.05, 0) is 54.1 Å². The fourth-order valence-corrected chi connectivity index (χ4v) is 3.37. The molecule has 2 aromatic heterocycles. The van der Waals surface area contributed by atoms with Gasteiger partial charge in [0.1, 0.15) is 23.0 Å². The van der Waals surface area contributed by atoms with Crippen molar-refractivity contribution in [2.75, 3.05) is 7.11 Å². The van der Waals surface area contributed by atoms with Gasteiger partial charge in [0, 0.05) is 48.3 Å². The Kier molecular flexibility index (Phi) is 7.69. The number of non-ortho nitro benzene ring substituents is 1. The lowest BCUT2D eigenvalue weighted by molar-refractivity contribution is -0.384. The number of carbonyl (C=O) groups excluding carboxylic acids is 2. The average Bonchev–Trinajstić information content (AvgIpc) is 3.40. The van der Waals surface area contributed by atoms with Gasteiger partial charge in [0.2, 0.25) is 0 Å². The number of amides is 2. The molecule has 0 spiro atoms. The van der Waals surface area contributed by atoms with E-state index >= 15 is 0 Å². The van der Waals surface area contributed by atoms with Gasteiger partial charge in [-0.3, -0.25) is 24.7 Å². The molecule has 186 valence electrons. The van der Waals surface area contributed by atoms with Gasteiger partial charge in [-0.1, -0.05) is 12.1 Å². The van der Waals surface area contributed by atoms with Crippen molar-refractivity contribution < 1.29 is 23.7 Å². The first-order chi connectivity index (χ1) is 17.9. The second kappa shape index (κ2) is 11.5. The number of carbonyl (C=O) groups is 2.